The van der Waals surface area contributed by atoms with E-state index in [1.54, 1.807) is 0 Å². The van der Waals surface area contributed by atoms with Gasteiger partial charge in [0.1, 0.15) is 0 Å². The quantitative estimate of drug-likeness (QED) is 0.861. The third-order valence-corrected chi connectivity index (χ3v) is 4.16. The molecular weight excluding hydrogens is 224 g/mol. The molecule has 0 saturated carbocycles. The molecule has 1 fully saturated rings. The van der Waals surface area contributed by atoms with Gasteiger partial charge in [0.15, 0.2) is 0 Å². The highest BCUT2D eigenvalue weighted by Gasteiger charge is 2.26. The SMILES string of the molecule is CN(C(=O)C1CCCN1)c1ccc2c(c1)CCC2. The van der Waals surface area contributed by atoms with Crippen LogP contribution in [-0.2, 0) is 17.6 Å². The first-order valence-corrected chi connectivity index (χ1v) is 6.88. The summed E-state index contributed by atoms with van der Waals surface area (Å²) in [6.07, 6.45) is 5.67. The smallest absolute Gasteiger partial charge is 0.243 e. The highest BCUT2D eigenvalue weighted by Crippen LogP contribution is 2.27. The Hall–Kier alpha value is -1.35. The first-order chi connectivity index (χ1) is 8.75. The van der Waals surface area contributed by atoms with E-state index in [0.29, 0.717) is 0 Å². The Morgan fingerprint density at radius 1 is 1.28 bits per heavy atom. The maximum Gasteiger partial charge on any atom is 0.243 e. The minimum absolute atomic E-state index is 0.0169. The fourth-order valence-electron chi connectivity index (χ4n) is 3.02. The fraction of sp³-hybridized carbons (Fsp3) is 0.533. The molecule has 0 bridgehead atoms. The molecule has 0 radical (unpaired) electrons. The summed E-state index contributed by atoms with van der Waals surface area (Å²) in [5.41, 5.74) is 3.92. The Labute approximate surface area is 108 Å². The molecule has 1 atom stereocenters. The largest absolute Gasteiger partial charge is 0.314 e. The van der Waals surface area contributed by atoms with Gasteiger partial charge in [-0.3, -0.25) is 4.79 Å². The van der Waals surface area contributed by atoms with Gasteiger partial charge in [-0.15, -0.1) is 0 Å². The first kappa shape index (κ1) is 11.7. The number of anilines is 1. The molecule has 1 heterocycles. The van der Waals surface area contributed by atoms with E-state index in [1.807, 2.05) is 11.9 Å². The van der Waals surface area contributed by atoms with Gasteiger partial charge in [0.2, 0.25) is 5.91 Å². The van der Waals surface area contributed by atoms with Crippen molar-refractivity contribution in [3.63, 3.8) is 0 Å². The van der Waals surface area contributed by atoms with Crippen LogP contribution in [-0.4, -0.2) is 25.5 Å². The van der Waals surface area contributed by atoms with E-state index in [4.69, 9.17) is 0 Å². The van der Waals surface area contributed by atoms with Crippen LogP contribution < -0.4 is 10.2 Å². The highest BCUT2D eigenvalue weighted by atomic mass is 16.2. The third kappa shape index (κ3) is 2.03. The van der Waals surface area contributed by atoms with Crippen LogP contribution in [0.2, 0.25) is 0 Å². The zero-order chi connectivity index (χ0) is 12.5. The van der Waals surface area contributed by atoms with Crippen LogP contribution in [0.1, 0.15) is 30.4 Å². The Balaban J connectivity index is 1.79. The molecule has 18 heavy (non-hydrogen) atoms. The second-order valence-electron chi connectivity index (χ2n) is 5.35. The van der Waals surface area contributed by atoms with Crippen molar-refractivity contribution in [1.29, 1.82) is 0 Å². The Morgan fingerprint density at radius 3 is 2.89 bits per heavy atom. The Morgan fingerprint density at radius 2 is 2.11 bits per heavy atom. The number of carbonyl (C=O) groups is 1. The van der Waals surface area contributed by atoms with Crippen LogP contribution in [0.15, 0.2) is 18.2 Å². The number of hydrogen-bond acceptors (Lipinski definition) is 2. The van der Waals surface area contributed by atoms with Gasteiger partial charge in [-0.1, -0.05) is 6.07 Å². The number of benzene rings is 1. The number of fused-ring (bicyclic) bond motifs is 1. The summed E-state index contributed by atoms with van der Waals surface area (Å²) in [5, 5.41) is 3.27. The van der Waals surface area contributed by atoms with Crippen molar-refractivity contribution in [2.45, 2.75) is 38.1 Å². The van der Waals surface area contributed by atoms with Crippen molar-refractivity contribution in [2.75, 3.05) is 18.5 Å². The minimum Gasteiger partial charge on any atom is -0.314 e. The lowest BCUT2D eigenvalue weighted by molar-refractivity contribution is -0.119. The van der Waals surface area contributed by atoms with Crippen LogP contribution in [0.3, 0.4) is 0 Å². The highest BCUT2D eigenvalue weighted by molar-refractivity contribution is 5.97. The molecule has 1 unspecified atom stereocenters. The molecule has 1 aliphatic carbocycles. The monoisotopic (exact) mass is 244 g/mol. The zero-order valence-electron chi connectivity index (χ0n) is 10.9. The number of aryl methyl sites for hydroxylation is 2. The van der Waals surface area contributed by atoms with Crippen molar-refractivity contribution >= 4 is 11.6 Å². The summed E-state index contributed by atoms with van der Waals surface area (Å²) in [6, 6.07) is 6.47. The maximum atomic E-state index is 12.3. The molecule has 3 heteroatoms. The molecule has 1 aromatic carbocycles. The molecule has 2 aliphatic rings. The van der Waals surface area contributed by atoms with Crippen LogP contribution in [0.4, 0.5) is 5.69 Å². The molecule has 1 amide bonds. The van der Waals surface area contributed by atoms with Gasteiger partial charge in [-0.2, -0.15) is 0 Å². The number of nitrogens with one attached hydrogen (secondary N) is 1. The molecule has 1 aromatic rings. The lowest BCUT2D eigenvalue weighted by Gasteiger charge is -2.22. The molecule has 1 aliphatic heterocycles. The molecule has 96 valence electrons. The van der Waals surface area contributed by atoms with E-state index >= 15 is 0 Å². The van der Waals surface area contributed by atoms with E-state index in [0.717, 1.165) is 31.5 Å². The zero-order valence-corrected chi connectivity index (χ0v) is 10.9. The average Bonchev–Trinajstić information content (AvgIpc) is 3.06. The summed E-state index contributed by atoms with van der Waals surface area (Å²) in [4.78, 5) is 14.1. The topological polar surface area (TPSA) is 32.3 Å². The number of rotatable bonds is 2. The van der Waals surface area contributed by atoms with Gasteiger partial charge < -0.3 is 10.2 Å². The van der Waals surface area contributed by atoms with Gasteiger partial charge in [-0.25, -0.2) is 0 Å². The van der Waals surface area contributed by atoms with Crippen LogP contribution >= 0.6 is 0 Å². The second-order valence-corrected chi connectivity index (χ2v) is 5.35. The summed E-state index contributed by atoms with van der Waals surface area (Å²) < 4.78 is 0. The van der Waals surface area contributed by atoms with Gasteiger partial charge in [-0.05, 0) is 61.9 Å². The number of amides is 1. The number of carbonyl (C=O) groups excluding carboxylic acids is 1. The summed E-state index contributed by atoms with van der Waals surface area (Å²) in [5.74, 6) is 0.199. The van der Waals surface area contributed by atoms with Crippen molar-refractivity contribution in [3.8, 4) is 0 Å². The Bertz CT molecular complexity index is 464. The maximum absolute atomic E-state index is 12.3. The summed E-state index contributed by atoms with van der Waals surface area (Å²) in [6.45, 7) is 0.967. The van der Waals surface area contributed by atoms with E-state index in [9.17, 15) is 4.79 Å². The Kier molecular flexibility index (Phi) is 3.08. The van der Waals surface area contributed by atoms with Gasteiger partial charge in [0.05, 0.1) is 6.04 Å². The molecule has 0 spiro atoms. The van der Waals surface area contributed by atoms with Gasteiger partial charge in [0, 0.05) is 12.7 Å². The van der Waals surface area contributed by atoms with E-state index in [1.165, 1.54) is 24.0 Å². The predicted molar refractivity (Wildman–Crippen MR) is 72.9 cm³/mol. The molecule has 3 rings (SSSR count). The lowest BCUT2D eigenvalue weighted by atomic mass is 10.1. The van der Waals surface area contributed by atoms with E-state index < -0.39 is 0 Å². The van der Waals surface area contributed by atoms with Crippen molar-refractivity contribution in [3.05, 3.63) is 29.3 Å². The number of likely N-dealkylation sites (N-methyl/N-ethyl adjacent to an activating group) is 1. The molecule has 1 N–H and O–H groups in total. The van der Waals surface area contributed by atoms with Crippen molar-refractivity contribution in [1.82, 2.24) is 5.32 Å². The third-order valence-electron chi connectivity index (χ3n) is 4.16. The average molecular weight is 244 g/mol. The van der Waals surface area contributed by atoms with Crippen LogP contribution in [0.5, 0.6) is 0 Å². The molecule has 3 nitrogen and oxygen atoms in total. The summed E-state index contributed by atoms with van der Waals surface area (Å²) >= 11 is 0. The van der Waals surface area contributed by atoms with Crippen molar-refractivity contribution in [2.24, 2.45) is 0 Å². The van der Waals surface area contributed by atoms with Crippen molar-refractivity contribution < 1.29 is 4.79 Å². The van der Waals surface area contributed by atoms with E-state index in [-0.39, 0.29) is 11.9 Å². The fourth-order valence-corrected chi connectivity index (χ4v) is 3.02. The number of nitrogens with zero attached hydrogens (tertiary/aromatic N) is 1. The predicted octanol–water partition coefficient (Wildman–Crippen LogP) is 1.89. The molecular formula is C15H20N2O. The van der Waals surface area contributed by atoms with Crippen LogP contribution in [0, 0.1) is 0 Å². The molecule has 0 aromatic heterocycles. The van der Waals surface area contributed by atoms with Gasteiger partial charge >= 0.3 is 0 Å². The second kappa shape index (κ2) is 4.73. The number of hydrogen-bond donors (Lipinski definition) is 1. The van der Waals surface area contributed by atoms with Gasteiger partial charge in [0.25, 0.3) is 0 Å². The lowest BCUT2D eigenvalue weighted by Crippen LogP contribution is -2.41. The van der Waals surface area contributed by atoms with E-state index in [2.05, 4.69) is 23.5 Å². The standard InChI is InChI=1S/C15H20N2O/c1-17(15(18)14-6-3-9-16-14)13-8-7-11-4-2-5-12(11)10-13/h7-8,10,14,16H,2-6,9H2,1H3. The normalized spacial score (nSPS) is 21.9. The van der Waals surface area contributed by atoms with Crippen LogP contribution in [0.25, 0.3) is 0 Å². The minimum atomic E-state index is 0.0169. The first-order valence-electron chi connectivity index (χ1n) is 6.88. The summed E-state index contributed by atoms with van der Waals surface area (Å²) in [7, 11) is 1.89. The molecule has 1 saturated heterocycles.